The van der Waals surface area contributed by atoms with Crippen LogP contribution in [0.4, 0.5) is 0 Å². The zero-order valence-electron chi connectivity index (χ0n) is 18.8. The Balaban J connectivity index is 1.48. The summed E-state index contributed by atoms with van der Waals surface area (Å²) >= 11 is 0. The Morgan fingerprint density at radius 2 is 1.97 bits per heavy atom. The van der Waals surface area contributed by atoms with Crippen molar-refractivity contribution < 1.29 is 4.74 Å². The van der Waals surface area contributed by atoms with Crippen LogP contribution in [0.1, 0.15) is 31.7 Å². The summed E-state index contributed by atoms with van der Waals surface area (Å²) in [7, 11) is 4.13. The summed E-state index contributed by atoms with van der Waals surface area (Å²) in [5, 5.41) is 4.65. The van der Waals surface area contributed by atoms with Crippen molar-refractivity contribution in [2.24, 2.45) is 13.0 Å². The summed E-state index contributed by atoms with van der Waals surface area (Å²) in [6, 6.07) is 13.1. The van der Waals surface area contributed by atoms with E-state index in [2.05, 4.69) is 77.8 Å². The fourth-order valence-electron chi connectivity index (χ4n) is 4.70. The van der Waals surface area contributed by atoms with E-state index in [-0.39, 0.29) is 0 Å². The summed E-state index contributed by atoms with van der Waals surface area (Å²) in [5.74, 6) is 3.48. The van der Waals surface area contributed by atoms with Gasteiger partial charge in [-0.05, 0) is 6.92 Å². The van der Waals surface area contributed by atoms with Gasteiger partial charge in [0.1, 0.15) is 0 Å². The molecule has 0 bridgehead atoms. The molecular formula is C27H28BN3O. The molecule has 0 radical (unpaired) electrons. The topological polar surface area (TPSA) is 31.5 Å². The number of hydrogen-bond acceptors (Lipinski definition) is 2. The predicted octanol–water partition coefficient (Wildman–Crippen LogP) is 6.08. The molecule has 0 saturated carbocycles. The van der Waals surface area contributed by atoms with Crippen molar-refractivity contribution in [3.05, 3.63) is 84.9 Å². The molecule has 1 aromatic carbocycles. The third kappa shape index (κ3) is 3.84. The van der Waals surface area contributed by atoms with E-state index in [1.165, 1.54) is 38.9 Å². The first-order valence-electron chi connectivity index (χ1n) is 11.3. The number of fused-ring (bicyclic) bond motifs is 1. The van der Waals surface area contributed by atoms with E-state index in [9.17, 15) is 0 Å². The number of rotatable bonds is 6. The van der Waals surface area contributed by atoms with Gasteiger partial charge in [-0.2, -0.15) is 0 Å². The van der Waals surface area contributed by atoms with Crippen LogP contribution in [0, 0.1) is 5.92 Å². The van der Waals surface area contributed by atoms with Gasteiger partial charge in [-0.1, -0.05) is 6.58 Å². The van der Waals surface area contributed by atoms with Crippen LogP contribution in [0.5, 0.6) is 0 Å². The van der Waals surface area contributed by atoms with E-state index < -0.39 is 0 Å². The van der Waals surface area contributed by atoms with Gasteiger partial charge in [0.2, 0.25) is 0 Å². The Labute approximate surface area is 190 Å². The molecule has 0 saturated heterocycles. The fourth-order valence-corrected chi connectivity index (χ4v) is 4.70. The van der Waals surface area contributed by atoms with Gasteiger partial charge >= 0.3 is 153 Å². The Morgan fingerprint density at radius 1 is 1.16 bits per heavy atom. The molecule has 1 aliphatic carbocycles. The first kappa shape index (κ1) is 20.6. The Morgan fingerprint density at radius 3 is 2.66 bits per heavy atom. The summed E-state index contributed by atoms with van der Waals surface area (Å²) in [6.07, 6.45) is 11.6. The molecule has 3 aromatic heterocycles. The van der Waals surface area contributed by atoms with Crippen LogP contribution in [0.15, 0.2) is 79.4 Å². The van der Waals surface area contributed by atoms with Crippen LogP contribution in [0.3, 0.4) is 0 Å². The quantitative estimate of drug-likeness (QED) is 0.354. The summed E-state index contributed by atoms with van der Waals surface area (Å²) < 4.78 is 9.74. The molecule has 3 heterocycles. The molecule has 1 atom stereocenters. The standard InChI is InChI=1S/C27H28BN3O/c1-4-32-19(2)20-7-11-22(12-8-20)25-6-5-15-31-27(25)26(17-29-31)23-13-9-21(10-14-23)24-16-28-30(3)18-24/h5-6,9-11,13-18,20H,2,4,7-8,12H2,1,3H3. The van der Waals surface area contributed by atoms with Gasteiger partial charge in [0.05, 0.1) is 12.4 Å². The third-order valence-electron chi connectivity index (χ3n) is 6.44. The van der Waals surface area contributed by atoms with Gasteiger partial charge in [0, 0.05) is 5.92 Å². The first-order valence-corrected chi connectivity index (χ1v) is 11.3. The van der Waals surface area contributed by atoms with Crippen molar-refractivity contribution in [1.29, 1.82) is 0 Å². The molecule has 0 fully saturated rings. The molecule has 0 spiro atoms. The average molecular weight is 421 g/mol. The van der Waals surface area contributed by atoms with Crippen LogP contribution < -0.4 is 0 Å². The average Bonchev–Trinajstić information content (AvgIpc) is 3.46. The van der Waals surface area contributed by atoms with Gasteiger partial charge in [-0.25, -0.2) is 0 Å². The number of benzene rings is 1. The van der Waals surface area contributed by atoms with Crippen LogP contribution in [0.25, 0.3) is 33.3 Å². The zero-order chi connectivity index (χ0) is 22.1. The zero-order valence-corrected chi connectivity index (χ0v) is 18.8. The van der Waals surface area contributed by atoms with Crippen LogP contribution in [0.2, 0.25) is 0 Å². The van der Waals surface area contributed by atoms with Crippen LogP contribution in [-0.4, -0.2) is 27.7 Å². The minimum atomic E-state index is 0.411. The van der Waals surface area contributed by atoms with E-state index in [1.807, 2.05) is 30.9 Å². The third-order valence-corrected chi connectivity index (χ3v) is 6.44. The molecule has 160 valence electrons. The SMILES string of the molecule is C=C(OCC)C1CC=C(c2cccn3ncc(-c4ccc(-c5cbn(C)c5)cc4)c23)CC1. The second-order valence-corrected chi connectivity index (χ2v) is 8.52. The van der Waals surface area contributed by atoms with E-state index in [4.69, 9.17) is 4.74 Å². The van der Waals surface area contributed by atoms with E-state index in [1.54, 1.807) is 0 Å². The molecule has 4 aromatic rings. The number of nitrogens with zero attached hydrogens (tertiary/aromatic N) is 3. The molecule has 0 N–H and O–H groups in total. The molecule has 0 aliphatic heterocycles. The van der Waals surface area contributed by atoms with Crippen molar-refractivity contribution in [2.45, 2.75) is 26.2 Å². The van der Waals surface area contributed by atoms with Crippen molar-refractivity contribution in [2.75, 3.05) is 6.61 Å². The maximum atomic E-state index is 5.66. The first-order chi connectivity index (χ1) is 15.6. The number of aryl methyl sites for hydroxylation is 1. The van der Waals surface area contributed by atoms with Crippen LogP contribution >= 0.6 is 0 Å². The molecule has 1 unspecified atom stereocenters. The summed E-state index contributed by atoms with van der Waals surface area (Å²) in [6.45, 7) is 6.83. The van der Waals surface area contributed by atoms with Crippen molar-refractivity contribution in [1.82, 2.24) is 14.1 Å². The van der Waals surface area contributed by atoms with E-state index in [0.29, 0.717) is 12.5 Å². The molecular weight excluding hydrogens is 393 g/mol. The second kappa shape index (κ2) is 8.66. The van der Waals surface area contributed by atoms with Crippen LogP contribution in [-0.2, 0) is 11.8 Å². The predicted molar refractivity (Wildman–Crippen MR) is 132 cm³/mol. The summed E-state index contributed by atoms with van der Waals surface area (Å²) in [5.41, 5.74) is 8.64. The van der Waals surface area contributed by atoms with Gasteiger partial charge < -0.3 is 4.74 Å². The second-order valence-electron chi connectivity index (χ2n) is 8.52. The number of ether oxygens (including phenoxy) is 1. The van der Waals surface area contributed by atoms with Gasteiger partial charge in [0.15, 0.2) is 0 Å². The Kier molecular flexibility index (Phi) is 5.56. The Hall–Kier alpha value is -3.34. The van der Waals surface area contributed by atoms with E-state index >= 15 is 0 Å². The number of aromatic nitrogens is 3. The normalized spacial score (nSPS) is 16.1. The number of pyridine rings is 1. The van der Waals surface area contributed by atoms with Crippen molar-refractivity contribution >= 4 is 18.1 Å². The molecule has 32 heavy (non-hydrogen) atoms. The maximum absolute atomic E-state index is 5.66. The minimum absolute atomic E-state index is 0.411. The van der Waals surface area contributed by atoms with E-state index in [0.717, 1.165) is 25.0 Å². The molecule has 5 heteroatoms. The number of allylic oxidation sites excluding steroid dienone is 3. The van der Waals surface area contributed by atoms with Gasteiger partial charge in [0.25, 0.3) is 0 Å². The van der Waals surface area contributed by atoms with Gasteiger partial charge in [-0.15, -0.1) is 0 Å². The molecule has 5 rings (SSSR count). The van der Waals surface area contributed by atoms with Crippen molar-refractivity contribution in [3.8, 4) is 22.3 Å². The van der Waals surface area contributed by atoms with Crippen molar-refractivity contribution in [3.63, 3.8) is 0 Å². The Bertz CT molecular complexity index is 1300. The molecule has 4 nitrogen and oxygen atoms in total. The summed E-state index contributed by atoms with van der Waals surface area (Å²) in [4.78, 5) is 0. The molecule has 0 amide bonds. The fraction of sp³-hybridized carbons (Fsp3) is 0.259. The molecule has 1 aliphatic rings. The number of hydrogen-bond donors (Lipinski definition) is 0. The monoisotopic (exact) mass is 421 g/mol. The van der Waals surface area contributed by atoms with Gasteiger partial charge in [-0.3, -0.25) is 0 Å².